The maximum atomic E-state index is 13.8. The van der Waals surface area contributed by atoms with Crippen LogP contribution in [0.25, 0.3) is 0 Å². The summed E-state index contributed by atoms with van der Waals surface area (Å²) in [7, 11) is 2.65. The van der Waals surface area contributed by atoms with E-state index < -0.39 is 53.5 Å². The van der Waals surface area contributed by atoms with E-state index in [1.165, 1.54) is 25.0 Å². The Bertz CT molecular complexity index is 1610. The van der Waals surface area contributed by atoms with Gasteiger partial charge in [-0.2, -0.15) is 0 Å². The number of ether oxygens (including phenoxy) is 4. The number of benzene rings is 3. The molecular weight excluding hydrogens is 699 g/mol. The summed E-state index contributed by atoms with van der Waals surface area (Å²) in [5.74, 6) is -4.30. The van der Waals surface area contributed by atoms with Gasteiger partial charge in [-0.3, -0.25) is 0 Å². The number of aliphatic hydroxyl groups is 1. The molecule has 8 rings (SSSR count). The van der Waals surface area contributed by atoms with Crippen molar-refractivity contribution in [1.82, 2.24) is 0 Å². The van der Waals surface area contributed by atoms with Crippen molar-refractivity contribution < 1.29 is 33.6 Å². The molecule has 2 heterocycles. The molecule has 244 valence electrons. The van der Waals surface area contributed by atoms with Gasteiger partial charge in [-0.15, -0.1) is 0 Å². The van der Waals surface area contributed by atoms with Gasteiger partial charge >= 0.3 is 282 Å². The van der Waals surface area contributed by atoms with Gasteiger partial charge in [-0.25, -0.2) is 0 Å². The molecule has 4 bridgehead atoms. The van der Waals surface area contributed by atoms with E-state index in [2.05, 4.69) is 83.8 Å². The van der Waals surface area contributed by atoms with E-state index in [-0.39, 0.29) is 29.6 Å². The number of rotatable bonds is 9. The summed E-state index contributed by atoms with van der Waals surface area (Å²) in [4.78, 5) is 27.4. The third-order valence-corrected chi connectivity index (χ3v) is 24.1. The molecule has 3 fully saturated rings. The van der Waals surface area contributed by atoms with E-state index in [4.69, 9.17) is 18.9 Å². The van der Waals surface area contributed by atoms with Crippen LogP contribution in [0.5, 0.6) is 0 Å². The fourth-order valence-electron chi connectivity index (χ4n) is 9.37. The molecule has 2 saturated heterocycles. The van der Waals surface area contributed by atoms with Crippen LogP contribution in [0, 0.1) is 23.7 Å². The Morgan fingerprint density at radius 3 is 1.83 bits per heavy atom. The number of esters is 2. The second-order valence-corrected chi connectivity index (χ2v) is 23.6. The second-order valence-electron chi connectivity index (χ2n) is 13.2. The first kappa shape index (κ1) is 32.3. The van der Waals surface area contributed by atoms with Gasteiger partial charge in [-0.05, 0) is 0 Å². The molecule has 2 aliphatic heterocycles. The van der Waals surface area contributed by atoms with Crippen molar-refractivity contribution in [2.45, 2.75) is 44.0 Å². The van der Waals surface area contributed by atoms with Gasteiger partial charge in [0.1, 0.15) is 0 Å². The molecule has 1 saturated carbocycles. The Balaban J connectivity index is 1.55. The summed E-state index contributed by atoms with van der Waals surface area (Å²) in [5.41, 5.74) is -0.556. The number of hydrogen-bond donors (Lipinski definition) is 1. The topological polar surface area (TPSA) is 91.3 Å². The van der Waals surface area contributed by atoms with Gasteiger partial charge in [0.25, 0.3) is 0 Å². The molecule has 6 atom stereocenters. The van der Waals surface area contributed by atoms with Gasteiger partial charge < -0.3 is 0 Å². The van der Waals surface area contributed by atoms with Crippen LogP contribution in [0.15, 0.2) is 112 Å². The number of unbranched alkanes of at least 4 members (excludes halogenated alkanes) is 1. The fraction of sp³-hybridized carbons (Fsp3) is 0.385. The van der Waals surface area contributed by atoms with Crippen LogP contribution < -0.4 is 10.7 Å². The van der Waals surface area contributed by atoms with E-state index in [1.807, 2.05) is 18.2 Å². The Hall–Kier alpha value is -3.24. The van der Waals surface area contributed by atoms with Crippen LogP contribution >= 0.6 is 0 Å². The molecule has 0 unspecified atom stereocenters. The summed E-state index contributed by atoms with van der Waals surface area (Å²) < 4.78 is 30.1. The van der Waals surface area contributed by atoms with Gasteiger partial charge in [0.05, 0.1) is 0 Å². The predicted octanol–water partition coefficient (Wildman–Crippen LogP) is 3.83. The monoisotopic (exact) mass is 742 g/mol. The van der Waals surface area contributed by atoms with Crippen LogP contribution in [0.3, 0.4) is 0 Å². The van der Waals surface area contributed by atoms with Crippen LogP contribution in [-0.2, 0) is 28.5 Å². The summed E-state index contributed by atoms with van der Waals surface area (Å²) in [6.07, 6.45) is 3.40. The van der Waals surface area contributed by atoms with Gasteiger partial charge in [0.2, 0.25) is 0 Å². The van der Waals surface area contributed by atoms with Crippen molar-refractivity contribution in [3.05, 3.63) is 112 Å². The van der Waals surface area contributed by atoms with Crippen molar-refractivity contribution in [2.24, 2.45) is 23.7 Å². The van der Waals surface area contributed by atoms with Gasteiger partial charge in [-0.1, -0.05) is 0 Å². The van der Waals surface area contributed by atoms with E-state index in [1.54, 1.807) is 0 Å². The summed E-state index contributed by atoms with van der Waals surface area (Å²) in [5, 5.41) is 13.6. The number of carbonyl (C=O) groups is 2. The second kappa shape index (κ2) is 12.7. The fourth-order valence-corrected chi connectivity index (χ4v) is 22.2. The van der Waals surface area contributed by atoms with Crippen molar-refractivity contribution in [3.63, 3.8) is 0 Å². The van der Waals surface area contributed by atoms with E-state index >= 15 is 0 Å². The van der Waals surface area contributed by atoms with E-state index in [0.29, 0.717) is 18.6 Å². The maximum absolute atomic E-state index is 13.8. The van der Waals surface area contributed by atoms with Crippen LogP contribution in [0.2, 0.25) is 0 Å². The summed E-state index contributed by atoms with van der Waals surface area (Å²) in [6, 6.07) is 31.7. The minimum atomic E-state index is -4.13. The van der Waals surface area contributed by atoms with Crippen LogP contribution in [-0.4, -0.2) is 74.2 Å². The van der Waals surface area contributed by atoms with E-state index in [0.717, 1.165) is 19.3 Å². The average molecular weight is 741 g/mol. The quantitative estimate of drug-likeness (QED) is 0.264. The normalized spacial score (nSPS) is 30.3. The van der Waals surface area contributed by atoms with Crippen molar-refractivity contribution in [1.29, 1.82) is 0 Å². The van der Waals surface area contributed by atoms with Crippen LogP contribution in [0.1, 0.15) is 32.6 Å². The molecule has 8 heteroatoms. The molecule has 3 aromatic rings. The Morgan fingerprint density at radius 1 is 0.830 bits per heavy atom. The van der Waals surface area contributed by atoms with Crippen molar-refractivity contribution >= 4 is 41.1 Å². The summed E-state index contributed by atoms with van der Waals surface area (Å²) in [6.45, 7) is 2.65. The first-order chi connectivity index (χ1) is 22.9. The standard InChI is InChI=1S/C21H27O7.3C6H5.Sn/c1-5-6-7-12-13-8-9-27-21-17(13)15(19(23)26-4)14(18(22)25-3)16(12)20(21,24)11(2)10-28-21;3*1-2-4-6-5-3-1;/h2,12-13,16-17,24H,5-10H2,1,3-4H3;3*1-5H;/t12-,13-,16+,17-,20+,21+;;;;/m1..../s1. The molecule has 1 N–H and O–H groups in total. The zero-order valence-electron chi connectivity index (χ0n) is 27.2. The molecule has 0 radical (unpaired) electrons. The van der Waals surface area contributed by atoms with E-state index in [9.17, 15) is 14.7 Å². The first-order valence-corrected chi connectivity index (χ1v) is 22.6. The average Bonchev–Trinajstić information content (AvgIpc) is 3.41. The zero-order chi connectivity index (χ0) is 32.8. The molecule has 47 heavy (non-hydrogen) atoms. The first-order valence-electron chi connectivity index (χ1n) is 16.7. The van der Waals surface area contributed by atoms with Crippen LogP contribution in [0.4, 0.5) is 0 Å². The Morgan fingerprint density at radius 2 is 1.34 bits per heavy atom. The SMILES string of the molecule is CCCC[C@@H]1[C@H]2CCO[C@@]34OC/C(=[CH]\[Sn]([c]5ccccc5)([c]5ccccc5)[c]5ccccc5)[C@]3(O)[C@@H]1C(C(=O)OC)=C(C(=O)OC)[C@@H]24. The number of hydrogen-bond acceptors (Lipinski definition) is 7. The number of carbonyl (C=O) groups excluding carboxylic acids is 2. The van der Waals surface area contributed by atoms with Crippen molar-refractivity contribution in [3.8, 4) is 0 Å². The Kier molecular flexibility index (Phi) is 8.70. The molecule has 0 aromatic heterocycles. The van der Waals surface area contributed by atoms with Gasteiger partial charge in [0.15, 0.2) is 0 Å². The molecule has 5 aliphatic rings. The summed E-state index contributed by atoms with van der Waals surface area (Å²) >= 11 is -4.13. The molecule has 1 spiro atoms. The minimum absolute atomic E-state index is 0.0203. The predicted molar refractivity (Wildman–Crippen MR) is 181 cm³/mol. The Labute approximate surface area is 280 Å². The molecule has 0 amide bonds. The molecule has 3 aromatic carbocycles. The van der Waals surface area contributed by atoms with Gasteiger partial charge in [0, 0.05) is 0 Å². The van der Waals surface area contributed by atoms with Crippen molar-refractivity contribution in [2.75, 3.05) is 27.4 Å². The molecule has 3 aliphatic carbocycles. The number of methoxy groups -OCH3 is 2. The zero-order valence-corrected chi connectivity index (χ0v) is 30.0. The molecular formula is C39H42O7Sn. The third kappa shape index (κ3) is 4.64. The third-order valence-electron chi connectivity index (χ3n) is 11.2. The molecule has 7 nitrogen and oxygen atoms in total.